The molecule has 1 aromatic heterocycles. The van der Waals surface area contributed by atoms with Crippen LogP contribution in [0.5, 0.6) is 5.88 Å². The van der Waals surface area contributed by atoms with Crippen molar-refractivity contribution in [2.45, 2.75) is 12.6 Å². The molecule has 0 amide bonds. The van der Waals surface area contributed by atoms with Crippen LogP contribution in [0, 0.1) is 11.6 Å². The van der Waals surface area contributed by atoms with Gasteiger partial charge in [-0.05, 0) is 17.7 Å². The lowest BCUT2D eigenvalue weighted by molar-refractivity contribution is 0.164. The van der Waals surface area contributed by atoms with E-state index in [4.69, 9.17) is 4.74 Å². The van der Waals surface area contributed by atoms with E-state index in [1.807, 2.05) is 6.07 Å². The molecule has 6 heteroatoms. The zero-order valence-corrected chi connectivity index (χ0v) is 11.5. The third-order valence-electron chi connectivity index (χ3n) is 3.01. The Morgan fingerprint density at radius 3 is 2.52 bits per heavy atom. The second kappa shape index (κ2) is 7.10. The van der Waals surface area contributed by atoms with E-state index in [2.05, 4.69) is 10.3 Å². The summed E-state index contributed by atoms with van der Waals surface area (Å²) in [7, 11) is 1.53. The first-order chi connectivity index (χ1) is 10.1. The van der Waals surface area contributed by atoms with Crippen LogP contribution in [0.1, 0.15) is 17.2 Å². The van der Waals surface area contributed by atoms with Crippen molar-refractivity contribution in [1.29, 1.82) is 0 Å². The lowest BCUT2D eigenvalue weighted by Gasteiger charge is -2.14. The molecule has 4 nitrogen and oxygen atoms in total. The maximum atomic E-state index is 13.5. The third-order valence-corrected chi connectivity index (χ3v) is 3.01. The normalized spacial score (nSPS) is 12.2. The molecular formula is C15H16F2N2O2. The largest absolute Gasteiger partial charge is 0.481 e. The summed E-state index contributed by atoms with van der Waals surface area (Å²) < 4.78 is 31.9. The predicted molar refractivity (Wildman–Crippen MR) is 73.8 cm³/mol. The van der Waals surface area contributed by atoms with Gasteiger partial charge in [-0.15, -0.1) is 0 Å². The molecule has 1 unspecified atom stereocenters. The number of hydrogen-bond donors (Lipinski definition) is 2. The first-order valence-electron chi connectivity index (χ1n) is 6.43. The van der Waals surface area contributed by atoms with E-state index in [0.29, 0.717) is 12.4 Å². The van der Waals surface area contributed by atoms with Gasteiger partial charge in [0.2, 0.25) is 5.88 Å². The smallest absolute Gasteiger partial charge is 0.212 e. The second-order valence-corrected chi connectivity index (χ2v) is 4.49. The standard InChI is InChI=1S/C15H16F2N2O2/c1-21-14-6-5-10(8-19-14)7-18-9-13(20)15-11(16)3-2-4-12(15)17/h2-6,8,13,18,20H,7,9H2,1H3. The average molecular weight is 294 g/mol. The Bertz CT molecular complexity index is 570. The quantitative estimate of drug-likeness (QED) is 0.857. The van der Waals surface area contributed by atoms with E-state index in [1.165, 1.54) is 13.2 Å². The van der Waals surface area contributed by atoms with Gasteiger partial charge in [-0.1, -0.05) is 12.1 Å². The van der Waals surface area contributed by atoms with Crippen molar-refractivity contribution in [3.8, 4) is 5.88 Å². The number of nitrogens with zero attached hydrogens (tertiary/aromatic N) is 1. The number of aliphatic hydroxyl groups is 1. The molecule has 112 valence electrons. The molecular weight excluding hydrogens is 278 g/mol. The zero-order valence-electron chi connectivity index (χ0n) is 11.5. The summed E-state index contributed by atoms with van der Waals surface area (Å²) in [5.74, 6) is -1.00. The van der Waals surface area contributed by atoms with Gasteiger partial charge in [-0.25, -0.2) is 13.8 Å². The molecule has 2 N–H and O–H groups in total. The van der Waals surface area contributed by atoms with Crippen LogP contribution in [0.15, 0.2) is 36.5 Å². The number of aromatic nitrogens is 1. The number of nitrogens with one attached hydrogen (secondary N) is 1. The molecule has 21 heavy (non-hydrogen) atoms. The molecule has 2 aromatic rings. The maximum Gasteiger partial charge on any atom is 0.212 e. The van der Waals surface area contributed by atoms with Gasteiger partial charge in [0.25, 0.3) is 0 Å². The van der Waals surface area contributed by atoms with Crippen LogP contribution in [-0.4, -0.2) is 23.7 Å². The minimum Gasteiger partial charge on any atom is -0.481 e. The van der Waals surface area contributed by atoms with Gasteiger partial charge in [-0.3, -0.25) is 0 Å². The first-order valence-corrected chi connectivity index (χ1v) is 6.43. The number of pyridine rings is 1. The van der Waals surface area contributed by atoms with Gasteiger partial charge in [0.15, 0.2) is 0 Å². The molecule has 0 saturated heterocycles. The van der Waals surface area contributed by atoms with Crippen LogP contribution in [-0.2, 0) is 6.54 Å². The highest BCUT2D eigenvalue weighted by atomic mass is 19.1. The summed E-state index contributed by atoms with van der Waals surface area (Å²) in [5.41, 5.74) is 0.551. The number of benzene rings is 1. The van der Waals surface area contributed by atoms with E-state index < -0.39 is 17.7 Å². The highest BCUT2D eigenvalue weighted by Gasteiger charge is 2.17. The van der Waals surface area contributed by atoms with Crippen molar-refractivity contribution in [3.63, 3.8) is 0 Å². The Balaban J connectivity index is 1.90. The van der Waals surface area contributed by atoms with Crippen molar-refractivity contribution < 1.29 is 18.6 Å². The Hall–Kier alpha value is -2.05. The number of halogens is 2. The van der Waals surface area contributed by atoms with Gasteiger partial charge in [-0.2, -0.15) is 0 Å². The Labute approximate surface area is 121 Å². The highest BCUT2D eigenvalue weighted by Crippen LogP contribution is 2.20. The molecule has 0 saturated carbocycles. The molecule has 0 bridgehead atoms. The second-order valence-electron chi connectivity index (χ2n) is 4.49. The molecule has 1 aromatic carbocycles. The molecule has 0 spiro atoms. The van der Waals surface area contributed by atoms with E-state index in [0.717, 1.165) is 17.7 Å². The highest BCUT2D eigenvalue weighted by molar-refractivity contribution is 5.22. The van der Waals surface area contributed by atoms with E-state index in [1.54, 1.807) is 12.3 Å². The zero-order chi connectivity index (χ0) is 15.2. The van der Waals surface area contributed by atoms with Crippen LogP contribution in [0.2, 0.25) is 0 Å². The fourth-order valence-corrected chi connectivity index (χ4v) is 1.92. The molecule has 0 fully saturated rings. The maximum absolute atomic E-state index is 13.5. The minimum absolute atomic E-state index is 0.0316. The number of hydrogen-bond acceptors (Lipinski definition) is 4. The summed E-state index contributed by atoms with van der Waals surface area (Å²) in [6.45, 7) is 0.452. The first kappa shape index (κ1) is 15.3. The lowest BCUT2D eigenvalue weighted by atomic mass is 10.1. The van der Waals surface area contributed by atoms with Crippen molar-refractivity contribution in [2.75, 3.05) is 13.7 Å². The van der Waals surface area contributed by atoms with E-state index in [-0.39, 0.29) is 12.1 Å². The summed E-state index contributed by atoms with van der Waals surface area (Å²) >= 11 is 0. The lowest BCUT2D eigenvalue weighted by Crippen LogP contribution is -2.22. The summed E-state index contributed by atoms with van der Waals surface area (Å²) in [6.07, 6.45) is 0.374. The van der Waals surface area contributed by atoms with Gasteiger partial charge in [0.05, 0.1) is 18.8 Å². The number of methoxy groups -OCH3 is 1. The fourth-order valence-electron chi connectivity index (χ4n) is 1.92. The number of aliphatic hydroxyl groups excluding tert-OH is 1. The van der Waals surface area contributed by atoms with Gasteiger partial charge in [0, 0.05) is 25.4 Å². The molecule has 0 aliphatic heterocycles. The Morgan fingerprint density at radius 2 is 1.95 bits per heavy atom. The van der Waals surface area contributed by atoms with E-state index in [9.17, 15) is 13.9 Å². The predicted octanol–water partition coefficient (Wildman–Crippen LogP) is 2.19. The molecule has 0 aliphatic carbocycles. The summed E-state index contributed by atoms with van der Waals surface area (Å²) in [6, 6.07) is 7.03. The van der Waals surface area contributed by atoms with Crippen LogP contribution >= 0.6 is 0 Å². The van der Waals surface area contributed by atoms with Gasteiger partial charge in [0.1, 0.15) is 11.6 Å². The molecule has 0 radical (unpaired) electrons. The van der Waals surface area contributed by atoms with Gasteiger partial charge >= 0.3 is 0 Å². The Morgan fingerprint density at radius 1 is 1.24 bits per heavy atom. The van der Waals surface area contributed by atoms with Crippen molar-refractivity contribution in [1.82, 2.24) is 10.3 Å². The van der Waals surface area contributed by atoms with Crippen LogP contribution in [0.4, 0.5) is 8.78 Å². The van der Waals surface area contributed by atoms with Crippen LogP contribution in [0.3, 0.4) is 0 Å². The average Bonchev–Trinajstić information content (AvgIpc) is 2.48. The van der Waals surface area contributed by atoms with Crippen LogP contribution in [0.25, 0.3) is 0 Å². The molecule has 1 atom stereocenters. The van der Waals surface area contributed by atoms with Crippen molar-refractivity contribution in [3.05, 3.63) is 59.3 Å². The third kappa shape index (κ3) is 3.96. The minimum atomic E-state index is -1.25. The summed E-state index contributed by atoms with van der Waals surface area (Å²) in [5, 5.41) is 12.8. The molecule has 1 heterocycles. The Kier molecular flexibility index (Phi) is 5.19. The van der Waals surface area contributed by atoms with Crippen LogP contribution < -0.4 is 10.1 Å². The SMILES string of the molecule is COc1ccc(CNCC(O)c2c(F)cccc2F)cn1. The van der Waals surface area contributed by atoms with Crippen molar-refractivity contribution in [2.24, 2.45) is 0 Å². The monoisotopic (exact) mass is 294 g/mol. The van der Waals surface area contributed by atoms with Crippen molar-refractivity contribution >= 4 is 0 Å². The number of rotatable bonds is 6. The number of ether oxygens (including phenoxy) is 1. The fraction of sp³-hybridized carbons (Fsp3) is 0.267. The molecule has 0 aliphatic rings. The summed E-state index contributed by atoms with van der Waals surface area (Å²) in [4.78, 5) is 4.04. The molecule has 2 rings (SSSR count). The topological polar surface area (TPSA) is 54.4 Å². The van der Waals surface area contributed by atoms with Gasteiger partial charge < -0.3 is 15.2 Å². The van der Waals surface area contributed by atoms with E-state index >= 15 is 0 Å².